The molecule has 7 heteroatoms. The molecule has 4 rings (SSSR count). The normalized spacial score (nSPS) is 21.0. The fraction of sp³-hybridized carbons (Fsp3) is 0.312. The summed E-state index contributed by atoms with van der Waals surface area (Å²) in [6.07, 6.45) is 4.18. The number of rotatable bonds is 4. The summed E-state index contributed by atoms with van der Waals surface area (Å²) < 4.78 is 1.91. The van der Waals surface area contributed by atoms with Gasteiger partial charge in [0.15, 0.2) is 6.67 Å². The van der Waals surface area contributed by atoms with Gasteiger partial charge < -0.3 is 4.90 Å². The van der Waals surface area contributed by atoms with Gasteiger partial charge in [-0.25, -0.2) is 4.68 Å². The van der Waals surface area contributed by atoms with E-state index in [0.29, 0.717) is 6.04 Å². The lowest BCUT2D eigenvalue weighted by atomic mass is 10.2. The van der Waals surface area contributed by atoms with Crippen molar-refractivity contribution >= 4 is 27.9 Å². The first-order valence-electron chi connectivity index (χ1n) is 7.70. The minimum atomic E-state index is -0.353. The number of nitro benzene ring substituents is 1. The maximum absolute atomic E-state index is 11.0. The second-order valence-electron chi connectivity index (χ2n) is 5.92. The molecule has 2 atom stereocenters. The molecule has 23 heavy (non-hydrogen) atoms. The van der Waals surface area contributed by atoms with Crippen LogP contribution in [0.2, 0.25) is 0 Å². The maximum atomic E-state index is 11.0. The largest absolute Gasteiger partial charge is 0.310 e. The molecule has 0 aliphatic carbocycles. The summed E-state index contributed by atoms with van der Waals surface area (Å²) in [7, 11) is 0. The second kappa shape index (κ2) is 5.75. The van der Waals surface area contributed by atoms with Crippen molar-refractivity contribution in [3.63, 3.8) is 0 Å². The SMILES string of the molecule is O=[N+]([O-])c1ccc2cnn(C[NH+]3CCC[C@H]3c3cccs3)c2c1. The van der Waals surface area contributed by atoms with Crippen LogP contribution < -0.4 is 4.90 Å². The Labute approximate surface area is 137 Å². The molecule has 1 fully saturated rings. The molecule has 0 bridgehead atoms. The number of fused-ring (bicyclic) bond motifs is 1. The van der Waals surface area contributed by atoms with Gasteiger partial charge in [-0.05, 0) is 17.5 Å². The zero-order chi connectivity index (χ0) is 15.8. The van der Waals surface area contributed by atoms with Crippen molar-refractivity contribution in [2.75, 3.05) is 6.54 Å². The van der Waals surface area contributed by atoms with Gasteiger partial charge in [0.25, 0.3) is 5.69 Å². The van der Waals surface area contributed by atoms with Crippen LogP contribution in [-0.2, 0) is 6.67 Å². The number of hydrogen-bond acceptors (Lipinski definition) is 4. The lowest BCUT2D eigenvalue weighted by molar-refractivity contribution is -0.940. The number of hydrogen-bond donors (Lipinski definition) is 1. The van der Waals surface area contributed by atoms with E-state index < -0.39 is 0 Å². The number of non-ortho nitro benzene ring substituents is 1. The Morgan fingerprint density at radius 2 is 2.35 bits per heavy atom. The molecule has 0 radical (unpaired) electrons. The topological polar surface area (TPSA) is 65.4 Å². The molecule has 1 aliphatic rings. The van der Waals surface area contributed by atoms with Gasteiger partial charge in [0.05, 0.1) is 28.1 Å². The average molecular weight is 329 g/mol. The molecular formula is C16H17N4O2S+. The third kappa shape index (κ3) is 2.62. The first kappa shape index (κ1) is 14.3. The summed E-state index contributed by atoms with van der Waals surface area (Å²) in [4.78, 5) is 13.5. The van der Waals surface area contributed by atoms with E-state index in [-0.39, 0.29) is 10.6 Å². The summed E-state index contributed by atoms with van der Waals surface area (Å²) in [5, 5.41) is 18.5. The zero-order valence-electron chi connectivity index (χ0n) is 12.5. The lowest BCUT2D eigenvalue weighted by Gasteiger charge is -2.20. The van der Waals surface area contributed by atoms with E-state index in [1.807, 2.05) is 4.68 Å². The number of nitrogens with zero attached hydrogens (tertiary/aromatic N) is 3. The van der Waals surface area contributed by atoms with Crippen molar-refractivity contribution in [1.82, 2.24) is 9.78 Å². The Hall–Kier alpha value is -2.25. The average Bonchev–Trinajstić information content (AvgIpc) is 3.27. The summed E-state index contributed by atoms with van der Waals surface area (Å²) >= 11 is 1.81. The van der Waals surface area contributed by atoms with Crippen LogP contribution in [0.5, 0.6) is 0 Å². The molecule has 1 aromatic carbocycles. The molecule has 0 amide bonds. The third-order valence-electron chi connectivity index (χ3n) is 4.56. The van der Waals surface area contributed by atoms with E-state index in [9.17, 15) is 10.1 Å². The van der Waals surface area contributed by atoms with E-state index in [0.717, 1.165) is 24.1 Å². The molecule has 3 aromatic rings. The molecule has 118 valence electrons. The summed E-state index contributed by atoms with van der Waals surface area (Å²) in [6, 6.07) is 9.74. The number of likely N-dealkylation sites (tertiary alicyclic amines) is 1. The molecule has 1 saturated heterocycles. The van der Waals surface area contributed by atoms with Crippen molar-refractivity contribution in [2.24, 2.45) is 0 Å². The van der Waals surface area contributed by atoms with Crippen LogP contribution in [0.25, 0.3) is 10.9 Å². The third-order valence-corrected chi connectivity index (χ3v) is 5.55. The van der Waals surface area contributed by atoms with Gasteiger partial charge in [0.1, 0.15) is 6.04 Å². The Kier molecular flexibility index (Phi) is 3.59. The molecule has 3 heterocycles. The first-order valence-corrected chi connectivity index (χ1v) is 8.58. The molecule has 1 unspecified atom stereocenters. The van der Waals surface area contributed by atoms with E-state index in [2.05, 4.69) is 22.6 Å². The molecule has 0 spiro atoms. The van der Waals surface area contributed by atoms with Gasteiger partial charge in [0, 0.05) is 30.4 Å². The van der Waals surface area contributed by atoms with Gasteiger partial charge in [-0.2, -0.15) is 5.10 Å². The highest BCUT2D eigenvalue weighted by atomic mass is 32.1. The number of nitro groups is 1. The molecule has 6 nitrogen and oxygen atoms in total. The first-order chi connectivity index (χ1) is 11.2. The van der Waals surface area contributed by atoms with Crippen LogP contribution in [0.15, 0.2) is 41.9 Å². The number of nitrogens with one attached hydrogen (secondary N) is 1. The maximum Gasteiger partial charge on any atom is 0.271 e. The van der Waals surface area contributed by atoms with Gasteiger partial charge >= 0.3 is 0 Å². The monoisotopic (exact) mass is 329 g/mol. The van der Waals surface area contributed by atoms with E-state index >= 15 is 0 Å². The predicted molar refractivity (Wildman–Crippen MR) is 88.5 cm³/mol. The quantitative estimate of drug-likeness (QED) is 0.590. The van der Waals surface area contributed by atoms with Crippen molar-refractivity contribution in [3.8, 4) is 0 Å². The van der Waals surface area contributed by atoms with Gasteiger partial charge in [-0.15, -0.1) is 11.3 Å². The Bertz CT molecular complexity index is 843. The van der Waals surface area contributed by atoms with Crippen molar-refractivity contribution in [3.05, 3.63) is 56.9 Å². The highest BCUT2D eigenvalue weighted by molar-refractivity contribution is 7.10. The van der Waals surface area contributed by atoms with Crippen molar-refractivity contribution in [1.29, 1.82) is 0 Å². The Morgan fingerprint density at radius 3 is 3.13 bits per heavy atom. The van der Waals surface area contributed by atoms with Crippen LogP contribution in [0.3, 0.4) is 0 Å². The smallest absolute Gasteiger partial charge is 0.271 e. The molecule has 1 N–H and O–H groups in total. The number of thiophene rings is 1. The van der Waals surface area contributed by atoms with Crippen LogP contribution >= 0.6 is 11.3 Å². The fourth-order valence-electron chi connectivity index (χ4n) is 3.42. The summed E-state index contributed by atoms with van der Waals surface area (Å²) in [5.41, 5.74) is 0.953. The standard InChI is InChI=1S/C16H16N4O2S/c21-20(22)13-6-5-12-10-17-19(15(12)9-13)11-18-7-1-3-14(18)16-4-2-8-23-16/h2,4-6,8-10,14H,1,3,7,11H2/p+1/t14-/m0/s1. The summed E-state index contributed by atoms with van der Waals surface area (Å²) in [5.74, 6) is 0. The fourth-order valence-corrected chi connectivity index (χ4v) is 4.34. The zero-order valence-corrected chi connectivity index (χ0v) is 13.3. The Balaban J connectivity index is 1.64. The van der Waals surface area contributed by atoms with Gasteiger partial charge in [-0.1, -0.05) is 6.07 Å². The highest BCUT2D eigenvalue weighted by Crippen LogP contribution is 2.24. The van der Waals surface area contributed by atoms with Crippen LogP contribution in [0.4, 0.5) is 5.69 Å². The molecule has 0 saturated carbocycles. The molecule has 1 aliphatic heterocycles. The van der Waals surface area contributed by atoms with Crippen LogP contribution in [0.1, 0.15) is 23.8 Å². The van der Waals surface area contributed by atoms with Crippen molar-refractivity contribution in [2.45, 2.75) is 25.6 Å². The van der Waals surface area contributed by atoms with E-state index in [4.69, 9.17) is 0 Å². The number of quaternary nitrogens is 1. The van der Waals surface area contributed by atoms with E-state index in [1.165, 1.54) is 28.7 Å². The highest BCUT2D eigenvalue weighted by Gasteiger charge is 2.31. The predicted octanol–water partition coefficient (Wildman–Crippen LogP) is 2.38. The van der Waals surface area contributed by atoms with Crippen LogP contribution in [-0.4, -0.2) is 21.2 Å². The molecule has 2 aromatic heterocycles. The minimum Gasteiger partial charge on any atom is -0.310 e. The molecular weight excluding hydrogens is 312 g/mol. The summed E-state index contributed by atoms with van der Waals surface area (Å²) in [6.45, 7) is 1.85. The number of aromatic nitrogens is 2. The van der Waals surface area contributed by atoms with Crippen LogP contribution in [0, 0.1) is 10.1 Å². The minimum absolute atomic E-state index is 0.116. The Morgan fingerprint density at radius 1 is 1.43 bits per heavy atom. The lowest BCUT2D eigenvalue weighted by Crippen LogP contribution is -3.09. The second-order valence-corrected chi connectivity index (χ2v) is 6.90. The van der Waals surface area contributed by atoms with Gasteiger partial charge in [0.2, 0.25) is 0 Å². The van der Waals surface area contributed by atoms with Gasteiger partial charge in [-0.3, -0.25) is 10.1 Å². The van der Waals surface area contributed by atoms with E-state index in [1.54, 1.807) is 29.7 Å². The van der Waals surface area contributed by atoms with Crippen molar-refractivity contribution < 1.29 is 9.82 Å². The number of benzene rings is 1.